The summed E-state index contributed by atoms with van der Waals surface area (Å²) in [5.74, 6) is -0.354. The molecule has 0 N–H and O–H groups in total. The second kappa shape index (κ2) is 6.15. The van der Waals surface area contributed by atoms with Crippen molar-refractivity contribution in [2.24, 2.45) is 0 Å². The van der Waals surface area contributed by atoms with Gasteiger partial charge in [-0.1, -0.05) is 18.5 Å². The molecule has 20 heavy (non-hydrogen) atoms. The number of carbonyl (C=O) groups is 1. The fourth-order valence-electron chi connectivity index (χ4n) is 2.01. The average Bonchev–Trinajstić information content (AvgIpc) is 2.46. The van der Waals surface area contributed by atoms with E-state index >= 15 is 0 Å². The Bertz CT molecular complexity index is 537. The molecule has 1 fully saturated rings. The van der Waals surface area contributed by atoms with Crippen molar-refractivity contribution in [3.8, 4) is 0 Å². The van der Waals surface area contributed by atoms with E-state index < -0.39 is 4.92 Å². The van der Waals surface area contributed by atoms with Gasteiger partial charge in [-0.05, 0) is 6.42 Å². The van der Waals surface area contributed by atoms with Gasteiger partial charge < -0.3 is 9.64 Å². The van der Waals surface area contributed by atoms with Crippen LogP contribution in [0.2, 0.25) is 5.15 Å². The number of morpholine rings is 1. The second-order valence-corrected chi connectivity index (χ2v) is 4.80. The van der Waals surface area contributed by atoms with Crippen LogP contribution in [0.4, 0.5) is 5.69 Å². The van der Waals surface area contributed by atoms with Gasteiger partial charge in [-0.25, -0.2) is 4.98 Å². The lowest BCUT2D eigenvalue weighted by atomic mass is 10.2. The average molecular weight is 300 g/mol. The normalized spacial score (nSPS) is 18.9. The largest absolute Gasteiger partial charge is 0.375 e. The number of carbonyl (C=O) groups excluding carboxylic acids is 1. The number of halogens is 1. The second-order valence-electron chi connectivity index (χ2n) is 4.44. The Morgan fingerprint density at radius 3 is 3.10 bits per heavy atom. The third kappa shape index (κ3) is 3.05. The highest BCUT2D eigenvalue weighted by molar-refractivity contribution is 6.32. The monoisotopic (exact) mass is 299 g/mol. The van der Waals surface area contributed by atoms with Crippen LogP contribution in [-0.4, -0.2) is 46.5 Å². The number of pyridine rings is 1. The molecule has 7 nitrogen and oxygen atoms in total. The topological polar surface area (TPSA) is 85.6 Å². The highest BCUT2D eigenvalue weighted by Crippen LogP contribution is 2.22. The fraction of sp³-hybridized carbons (Fsp3) is 0.500. The minimum Gasteiger partial charge on any atom is -0.375 e. The summed E-state index contributed by atoms with van der Waals surface area (Å²) in [6.07, 6.45) is 1.82. The minimum absolute atomic E-state index is 0.0156. The first-order chi connectivity index (χ1) is 9.52. The van der Waals surface area contributed by atoms with Crippen molar-refractivity contribution in [2.75, 3.05) is 19.7 Å². The van der Waals surface area contributed by atoms with Crippen LogP contribution < -0.4 is 0 Å². The van der Waals surface area contributed by atoms with Crippen molar-refractivity contribution < 1.29 is 14.5 Å². The number of nitro groups is 1. The first kappa shape index (κ1) is 14.7. The van der Waals surface area contributed by atoms with Crippen molar-refractivity contribution >= 4 is 23.2 Å². The van der Waals surface area contributed by atoms with Gasteiger partial charge in [-0.15, -0.1) is 0 Å². The molecule has 8 heteroatoms. The van der Waals surface area contributed by atoms with E-state index in [1.807, 2.05) is 6.92 Å². The zero-order valence-electron chi connectivity index (χ0n) is 10.9. The molecular formula is C12H14ClN3O4. The van der Waals surface area contributed by atoms with Gasteiger partial charge in [0.05, 0.1) is 23.2 Å². The number of rotatable bonds is 3. The molecule has 0 bridgehead atoms. The molecule has 2 heterocycles. The highest BCUT2D eigenvalue weighted by Gasteiger charge is 2.27. The van der Waals surface area contributed by atoms with E-state index in [-0.39, 0.29) is 28.4 Å². The Labute approximate surface area is 120 Å². The van der Waals surface area contributed by atoms with E-state index in [1.165, 1.54) is 0 Å². The Morgan fingerprint density at radius 2 is 2.45 bits per heavy atom. The molecule has 1 unspecified atom stereocenters. The zero-order valence-corrected chi connectivity index (χ0v) is 11.7. The van der Waals surface area contributed by atoms with E-state index in [2.05, 4.69) is 4.98 Å². The summed E-state index contributed by atoms with van der Waals surface area (Å²) in [5.41, 5.74) is -0.198. The van der Waals surface area contributed by atoms with Crippen molar-refractivity contribution in [1.29, 1.82) is 0 Å². The lowest BCUT2D eigenvalue weighted by Crippen LogP contribution is -2.45. The summed E-state index contributed by atoms with van der Waals surface area (Å²) < 4.78 is 5.48. The Morgan fingerprint density at radius 1 is 1.70 bits per heavy atom. The van der Waals surface area contributed by atoms with Crippen LogP contribution in [0.15, 0.2) is 12.3 Å². The minimum atomic E-state index is -0.603. The standard InChI is InChI=1S/C12H14ClN3O4/c1-2-9-7-15(3-4-20-9)12(17)10-5-8(16(18)19)6-14-11(10)13/h5-6,9H,2-4,7H2,1H3. The van der Waals surface area contributed by atoms with Gasteiger partial charge in [0.2, 0.25) is 0 Å². The molecule has 0 aliphatic carbocycles. The lowest BCUT2D eigenvalue weighted by Gasteiger charge is -2.32. The maximum absolute atomic E-state index is 12.4. The van der Waals surface area contributed by atoms with Crippen LogP contribution in [-0.2, 0) is 4.74 Å². The van der Waals surface area contributed by atoms with E-state index in [1.54, 1.807) is 4.90 Å². The maximum atomic E-state index is 12.4. The van der Waals surface area contributed by atoms with Crippen molar-refractivity contribution in [3.05, 3.63) is 33.1 Å². The Balaban J connectivity index is 2.24. The summed E-state index contributed by atoms with van der Waals surface area (Å²) in [7, 11) is 0. The molecule has 1 aromatic heterocycles. The van der Waals surface area contributed by atoms with Gasteiger partial charge in [-0.2, -0.15) is 0 Å². The molecule has 0 saturated carbocycles. The van der Waals surface area contributed by atoms with Crippen LogP contribution in [0.3, 0.4) is 0 Å². The molecule has 1 aliphatic heterocycles. The van der Waals surface area contributed by atoms with Crippen LogP contribution >= 0.6 is 11.6 Å². The third-order valence-electron chi connectivity index (χ3n) is 3.15. The summed E-state index contributed by atoms with van der Waals surface area (Å²) >= 11 is 5.87. The number of aromatic nitrogens is 1. The zero-order chi connectivity index (χ0) is 14.7. The van der Waals surface area contributed by atoms with Crippen LogP contribution in [0.1, 0.15) is 23.7 Å². The maximum Gasteiger partial charge on any atom is 0.288 e. The predicted molar refractivity (Wildman–Crippen MR) is 71.8 cm³/mol. The number of ether oxygens (including phenoxy) is 1. The summed E-state index contributed by atoms with van der Waals surface area (Å²) in [6, 6.07) is 1.16. The number of hydrogen-bond donors (Lipinski definition) is 0. The van der Waals surface area contributed by atoms with Gasteiger partial charge in [0.1, 0.15) is 11.3 Å². The SMILES string of the molecule is CCC1CN(C(=O)c2cc([N+](=O)[O-])cnc2Cl)CCO1. The van der Waals surface area contributed by atoms with Crippen molar-refractivity contribution in [2.45, 2.75) is 19.4 Å². The van der Waals surface area contributed by atoms with E-state index in [9.17, 15) is 14.9 Å². The Hall–Kier alpha value is -1.73. The smallest absolute Gasteiger partial charge is 0.288 e. The number of hydrogen-bond acceptors (Lipinski definition) is 5. The van der Waals surface area contributed by atoms with Gasteiger partial charge in [-0.3, -0.25) is 14.9 Å². The molecule has 1 saturated heterocycles. The number of nitrogens with zero attached hydrogens (tertiary/aromatic N) is 3. The summed E-state index contributed by atoms with van der Waals surface area (Å²) in [5, 5.41) is 10.7. The summed E-state index contributed by atoms with van der Waals surface area (Å²) in [6.45, 7) is 3.31. The molecule has 1 aliphatic rings. The van der Waals surface area contributed by atoms with Gasteiger partial charge in [0.15, 0.2) is 0 Å². The molecule has 0 radical (unpaired) electrons. The third-order valence-corrected chi connectivity index (χ3v) is 3.45. The van der Waals surface area contributed by atoms with Crippen LogP contribution in [0, 0.1) is 10.1 Å². The van der Waals surface area contributed by atoms with Crippen molar-refractivity contribution in [1.82, 2.24) is 9.88 Å². The van der Waals surface area contributed by atoms with Gasteiger partial charge >= 0.3 is 0 Å². The van der Waals surface area contributed by atoms with Crippen molar-refractivity contribution in [3.63, 3.8) is 0 Å². The molecule has 0 aromatic carbocycles. The van der Waals surface area contributed by atoms with Gasteiger partial charge in [0, 0.05) is 19.2 Å². The molecule has 1 amide bonds. The quantitative estimate of drug-likeness (QED) is 0.483. The van der Waals surface area contributed by atoms with E-state index in [0.717, 1.165) is 18.7 Å². The molecule has 108 valence electrons. The lowest BCUT2D eigenvalue weighted by molar-refractivity contribution is -0.385. The highest BCUT2D eigenvalue weighted by atomic mass is 35.5. The molecule has 1 atom stereocenters. The molecular weight excluding hydrogens is 286 g/mol. The summed E-state index contributed by atoms with van der Waals surface area (Å²) in [4.78, 5) is 27.8. The fourth-order valence-corrected chi connectivity index (χ4v) is 2.19. The predicted octanol–water partition coefficient (Wildman–Crippen LogP) is 1.89. The van der Waals surface area contributed by atoms with E-state index in [4.69, 9.17) is 16.3 Å². The number of amides is 1. The first-order valence-corrected chi connectivity index (χ1v) is 6.61. The molecule has 2 rings (SSSR count). The van der Waals surface area contributed by atoms with Crippen LogP contribution in [0.25, 0.3) is 0 Å². The van der Waals surface area contributed by atoms with E-state index in [0.29, 0.717) is 19.7 Å². The van der Waals surface area contributed by atoms with Crippen LogP contribution in [0.5, 0.6) is 0 Å². The van der Waals surface area contributed by atoms with Gasteiger partial charge in [0.25, 0.3) is 11.6 Å². The molecule has 1 aromatic rings. The molecule has 0 spiro atoms. The first-order valence-electron chi connectivity index (χ1n) is 6.23. The Kier molecular flexibility index (Phi) is 4.51.